The molecule has 0 radical (unpaired) electrons. The monoisotopic (exact) mass is 527 g/mol. The lowest BCUT2D eigenvalue weighted by atomic mass is 10.1. The van der Waals surface area contributed by atoms with Gasteiger partial charge in [-0.15, -0.1) is 0 Å². The highest BCUT2D eigenvalue weighted by molar-refractivity contribution is 7.92. The predicted molar refractivity (Wildman–Crippen MR) is 138 cm³/mol. The summed E-state index contributed by atoms with van der Waals surface area (Å²) in [6.07, 6.45) is 2.11. The van der Waals surface area contributed by atoms with Crippen molar-refractivity contribution in [2.75, 3.05) is 17.1 Å². The number of para-hydroxylation sites is 1. The van der Waals surface area contributed by atoms with Crippen LogP contribution in [0.4, 0.5) is 5.69 Å². The first-order valence-corrected chi connectivity index (χ1v) is 13.6. The summed E-state index contributed by atoms with van der Waals surface area (Å²) in [5.74, 6) is -0.811. The molecule has 10 heteroatoms. The Morgan fingerprint density at radius 3 is 2.15 bits per heavy atom. The van der Waals surface area contributed by atoms with Gasteiger partial charge in [0.25, 0.3) is 0 Å². The van der Waals surface area contributed by atoms with Crippen molar-refractivity contribution in [3.05, 3.63) is 64.1 Å². The number of benzene rings is 2. The molecule has 2 aromatic carbocycles. The zero-order valence-corrected chi connectivity index (χ0v) is 22.1. The molecule has 0 unspecified atom stereocenters. The molecule has 2 amide bonds. The van der Waals surface area contributed by atoms with E-state index < -0.39 is 28.5 Å². The number of carbonyl (C=O) groups excluding carboxylic acids is 2. The van der Waals surface area contributed by atoms with Crippen LogP contribution >= 0.6 is 23.2 Å². The Kier molecular flexibility index (Phi) is 10.2. The fraction of sp³-hybridized carbons (Fsp3) is 0.417. The van der Waals surface area contributed by atoms with Crippen LogP contribution in [0.25, 0.3) is 0 Å². The van der Waals surface area contributed by atoms with Gasteiger partial charge in [0.2, 0.25) is 21.8 Å². The summed E-state index contributed by atoms with van der Waals surface area (Å²) in [6, 6.07) is 12.5. The molecule has 0 aliphatic heterocycles. The SMILES string of the molecule is CC[C@H](C(=O)N[C@@H](C)CC)N(Cc1ccc(Cl)cc1)C(=O)CN(c1ccccc1Cl)S(C)(=O)=O. The molecule has 7 nitrogen and oxygen atoms in total. The first kappa shape index (κ1) is 28.0. The van der Waals surface area contributed by atoms with E-state index in [2.05, 4.69) is 5.32 Å². The lowest BCUT2D eigenvalue weighted by Crippen LogP contribution is -2.53. The molecular weight excluding hydrogens is 497 g/mol. The van der Waals surface area contributed by atoms with E-state index in [-0.39, 0.29) is 29.2 Å². The second-order valence-electron chi connectivity index (χ2n) is 8.11. The summed E-state index contributed by atoms with van der Waals surface area (Å²) in [4.78, 5) is 28.1. The van der Waals surface area contributed by atoms with Crippen molar-refractivity contribution >= 4 is 50.7 Å². The molecule has 0 saturated carbocycles. The number of anilines is 1. The number of carbonyl (C=O) groups is 2. The highest BCUT2D eigenvalue weighted by Crippen LogP contribution is 2.27. The number of hydrogen-bond acceptors (Lipinski definition) is 4. The normalized spacial score (nSPS) is 13.1. The second-order valence-corrected chi connectivity index (χ2v) is 10.9. The molecule has 2 atom stereocenters. The van der Waals surface area contributed by atoms with Crippen molar-refractivity contribution < 1.29 is 18.0 Å². The van der Waals surface area contributed by atoms with Gasteiger partial charge in [-0.05, 0) is 49.6 Å². The fourth-order valence-electron chi connectivity index (χ4n) is 3.40. The minimum absolute atomic E-state index is 0.0651. The van der Waals surface area contributed by atoms with Gasteiger partial charge in [0.15, 0.2) is 0 Å². The summed E-state index contributed by atoms with van der Waals surface area (Å²) in [5.41, 5.74) is 0.958. The van der Waals surface area contributed by atoms with Gasteiger partial charge in [0, 0.05) is 17.6 Å². The van der Waals surface area contributed by atoms with E-state index in [0.717, 1.165) is 22.5 Å². The highest BCUT2D eigenvalue weighted by atomic mass is 35.5. The van der Waals surface area contributed by atoms with Gasteiger partial charge in [-0.25, -0.2) is 8.42 Å². The van der Waals surface area contributed by atoms with Crippen molar-refractivity contribution in [1.82, 2.24) is 10.2 Å². The van der Waals surface area contributed by atoms with Crippen LogP contribution in [0, 0.1) is 0 Å². The summed E-state index contributed by atoms with van der Waals surface area (Å²) >= 11 is 12.2. The standard InChI is InChI=1S/C24H31Cl2N3O4S/c1-5-17(3)27-24(31)21(6-2)28(15-18-11-13-19(25)14-12-18)23(30)16-29(34(4,32)33)22-10-8-7-9-20(22)26/h7-14,17,21H,5-6,15-16H2,1-4H3,(H,27,31)/t17-,21+/m0/s1. The third-order valence-electron chi connectivity index (χ3n) is 5.45. The smallest absolute Gasteiger partial charge is 0.244 e. The van der Waals surface area contributed by atoms with Crippen molar-refractivity contribution in [1.29, 1.82) is 0 Å². The highest BCUT2D eigenvalue weighted by Gasteiger charge is 2.32. The van der Waals surface area contributed by atoms with Crippen LogP contribution in [0.3, 0.4) is 0 Å². The number of sulfonamides is 1. The molecule has 1 N–H and O–H groups in total. The van der Waals surface area contributed by atoms with E-state index in [0.29, 0.717) is 11.4 Å². The topological polar surface area (TPSA) is 86.8 Å². The zero-order chi connectivity index (χ0) is 25.5. The minimum atomic E-state index is -3.84. The van der Waals surface area contributed by atoms with Gasteiger partial charge in [-0.3, -0.25) is 13.9 Å². The third kappa shape index (κ3) is 7.61. The second kappa shape index (κ2) is 12.4. The van der Waals surface area contributed by atoms with Crippen LogP contribution in [0.1, 0.15) is 39.2 Å². The zero-order valence-electron chi connectivity index (χ0n) is 19.8. The van der Waals surface area contributed by atoms with Gasteiger partial charge in [0.1, 0.15) is 12.6 Å². The average molecular weight is 529 g/mol. The van der Waals surface area contributed by atoms with Crippen LogP contribution in [-0.4, -0.2) is 50.0 Å². The molecular formula is C24H31Cl2N3O4S. The number of rotatable bonds is 11. The number of nitrogens with one attached hydrogen (secondary N) is 1. The van der Waals surface area contributed by atoms with E-state index in [1.165, 1.54) is 11.0 Å². The third-order valence-corrected chi connectivity index (χ3v) is 7.15. The van der Waals surface area contributed by atoms with E-state index in [1.807, 2.05) is 20.8 Å². The Bertz CT molecular complexity index is 1090. The number of nitrogens with zero attached hydrogens (tertiary/aromatic N) is 2. The summed E-state index contributed by atoms with van der Waals surface area (Å²) in [7, 11) is -3.84. The molecule has 0 fully saturated rings. The maximum Gasteiger partial charge on any atom is 0.244 e. The predicted octanol–water partition coefficient (Wildman–Crippen LogP) is 4.48. The molecule has 0 saturated heterocycles. The number of amides is 2. The molecule has 2 rings (SSSR count). The number of hydrogen-bond donors (Lipinski definition) is 1. The Labute approximate surface area is 212 Å². The summed E-state index contributed by atoms with van der Waals surface area (Å²) in [6.45, 7) is 5.27. The van der Waals surface area contributed by atoms with E-state index in [9.17, 15) is 18.0 Å². The van der Waals surface area contributed by atoms with Crippen LogP contribution in [0.5, 0.6) is 0 Å². The number of halogens is 2. The van der Waals surface area contributed by atoms with E-state index >= 15 is 0 Å². The molecule has 34 heavy (non-hydrogen) atoms. The van der Waals surface area contributed by atoms with Crippen molar-refractivity contribution in [2.24, 2.45) is 0 Å². The largest absolute Gasteiger partial charge is 0.352 e. The summed E-state index contributed by atoms with van der Waals surface area (Å²) in [5, 5.41) is 3.68. The van der Waals surface area contributed by atoms with Gasteiger partial charge in [-0.1, -0.05) is 61.3 Å². The van der Waals surface area contributed by atoms with E-state index in [1.54, 1.807) is 42.5 Å². The molecule has 0 aliphatic rings. The molecule has 0 bridgehead atoms. The van der Waals surface area contributed by atoms with Gasteiger partial charge in [-0.2, -0.15) is 0 Å². The Morgan fingerprint density at radius 1 is 1.00 bits per heavy atom. The quantitative estimate of drug-likeness (QED) is 0.466. The Balaban J connectivity index is 2.44. The van der Waals surface area contributed by atoms with Crippen molar-refractivity contribution in [3.8, 4) is 0 Å². The van der Waals surface area contributed by atoms with Gasteiger partial charge >= 0.3 is 0 Å². The average Bonchev–Trinajstić information content (AvgIpc) is 2.78. The van der Waals surface area contributed by atoms with Crippen molar-refractivity contribution in [3.63, 3.8) is 0 Å². The van der Waals surface area contributed by atoms with Crippen molar-refractivity contribution in [2.45, 2.75) is 52.2 Å². The summed E-state index contributed by atoms with van der Waals surface area (Å²) < 4.78 is 26.2. The molecule has 0 heterocycles. The maximum absolute atomic E-state index is 13.6. The molecule has 0 aromatic heterocycles. The van der Waals surface area contributed by atoms with Crippen LogP contribution in [0.2, 0.25) is 10.0 Å². The van der Waals surface area contributed by atoms with Crippen LogP contribution in [-0.2, 0) is 26.2 Å². The van der Waals surface area contributed by atoms with Gasteiger partial charge < -0.3 is 10.2 Å². The fourth-order valence-corrected chi connectivity index (χ4v) is 4.67. The Hall–Kier alpha value is -2.29. The van der Waals surface area contributed by atoms with Crippen LogP contribution < -0.4 is 9.62 Å². The van der Waals surface area contributed by atoms with Gasteiger partial charge in [0.05, 0.1) is 17.0 Å². The molecule has 0 spiro atoms. The van der Waals surface area contributed by atoms with E-state index in [4.69, 9.17) is 23.2 Å². The molecule has 2 aromatic rings. The first-order valence-electron chi connectivity index (χ1n) is 11.0. The lowest BCUT2D eigenvalue weighted by molar-refractivity contribution is -0.140. The molecule has 0 aliphatic carbocycles. The maximum atomic E-state index is 13.6. The molecule has 186 valence electrons. The minimum Gasteiger partial charge on any atom is -0.352 e. The Morgan fingerprint density at radius 2 is 1.62 bits per heavy atom. The first-order chi connectivity index (χ1) is 16.0. The lowest BCUT2D eigenvalue weighted by Gasteiger charge is -2.33. The van der Waals surface area contributed by atoms with Crippen LogP contribution in [0.15, 0.2) is 48.5 Å².